The molecule has 1 aliphatic heterocycles. The maximum atomic E-state index is 10.7. The van der Waals surface area contributed by atoms with Gasteiger partial charge in [-0.3, -0.25) is 4.79 Å². The lowest BCUT2D eigenvalue weighted by Gasteiger charge is -2.33. The first-order chi connectivity index (χ1) is 6.13. The van der Waals surface area contributed by atoms with Crippen molar-refractivity contribution in [1.29, 1.82) is 0 Å². The van der Waals surface area contributed by atoms with E-state index in [9.17, 15) is 4.79 Å². The van der Waals surface area contributed by atoms with Crippen molar-refractivity contribution in [2.75, 3.05) is 13.7 Å². The first-order valence-electron chi connectivity index (χ1n) is 4.35. The van der Waals surface area contributed by atoms with Gasteiger partial charge >= 0.3 is 5.97 Å². The highest BCUT2D eigenvalue weighted by Gasteiger charge is 2.29. The van der Waals surface area contributed by atoms with Gasteiger partial charge in [0, 0.05) is 19.4 Å². The van der Waals surface area contributed by atoms with Crippen LogP contribution in [0.4, 0.5) is 0 Å². The van der Waals surface area contributed by atoms with Crippen molar-refractivity contribution in [2.24, 2.45) is 5.73 Å². The highest BCUT2D eigenvalue weighted by Crippen LogP contribution is 2.13. The summed E-state index contributed by atoms with van der Waals surface area (Å²) in [7, 11) is 1.81. The van der Waals surface area contributed by atoms with Gasteiger partial charge in [-0.2, -0.15) is 0 Å². The van der Waals surface area contributed by atoms with E-state index in [0.717, 1.165) is 0 Å². The summed E-state index contributed by atoms with van der Waals surface area (Å²) in [5, 5.41) is 3.02. The molecule has 1 rings (SSSR count). The van der Waals surface area contributed by atoms with Crippen LogP contribution in [-0.2, 0) is 14.3 Å². The fraction of sp³-hybridized carbons (Fsp3) is 0.875. The Bertz CT molecular complexity index is 186. The number of hydrogen-bond donors (Lipinski definition) is 2. The van der Waals surface area contributed by atoms with Crippen LogP contribution in [0.3, 0.4) is 0 Å². The summed E-state index contributed by atoms with van der Waals surface area (Å²) in [5.41, 5.74) is 5.66. The number of esters is 1. The van der Waals surface area contributed by atoms with E-state index in [-0.39, 0.29) is 24.3 Å². The van der Waals surface area contributed by atoms with E-state index >= 15 is 0 Å². The molecule has 0 bridgehead atoms. The first kappa shape index (κ1) is 10.4. The van der Waals surface area contributed by atoms with Gasteiger partial charge in [-0.15, -0.1) is 0 Å². The van der Waals surface area contributed by atoms with Gasteiger partial charge in [0.05, 0.1) is 6.61 Å². The predicted octanol–water partition coefficient (Wildman–Crippen LogP) is -0.789. The van der Waals surface area contributed by atoms with Gasteiger partial charge in [-0.1, -0.05) is 0 Å². The van der Waals surface area contributed by atoms with Crippen LogP contribution in [0, 0.1) is 0 Å². The summed E-state index contributed by atoms with van der Waals surface area (Å²) >= 11 is 0. The summed E-state index contributed by atoms with van der Waals surface area (Å²) in [6, 6.07) is 0.0538. The molecule has 0 aromatic rings. The Labute approximate surface area is 77.6 Å². The molecule has 0 radical (unpaired) electrons. The van der Waals surface area contributed by atoms with Crippen LogP contribution in [0.5, 0.6) is 0 Å². The topological polar surface area (TPSA) is 73.6 Å². The summed E-state index contributed by atoms with van der Waals surface area (Å²) in [4.78, 5) is 10.7. The third kappa shape index (κ3) is 2.95. The van der Waals surface area contributed by atoms with Gasteiger partial charge in [-0.25, -0.2) is 0 Å². The Hall–Kier alpha value is -0.650. The maximum absolute atomic E-state index is 10.7. The quantitative estimate of drug-likeness (QED) is 0.556. The molecule has 0 saturated carbocycles. The van der Waals surface area contributed by atoms with Gasteiger partial charge in [0.25, 0.3) is 0 Å². The van der Waals surface area contributed by atoms with E-state index in [1.807, 2.05) is 7.05 Å². The number of likely N-dealkylation sites (N-methyl/N-ethyl adjacent to an activating group) is 1. The minimum absolute atomic E-state index is 0.0538. The number of rotatable bonds is 2. The highest BCUT2D eigenvalue weighted by molar-refractivity contribution is 5.66. The van der Waals surface area contributed by atoms with Crippen LogP contribution in [0.25, 0.3) is 0 Å². The Balaban J connectivity index is 2.40. The molecule has 1 aliphatic rings. The number of ether oxygens (including phenoxy) is 2. The number of carbonyl (C=O) groups is 1. The van der Waals surface area contributed by atoms with Crippen molar-refractivity contribution < 1.29 is 14.3 Å². The van der Waals surface area contributed by atoms with Gasteiger partial charge in [-0.05, 0) is 7.05 Å². The van der Waals surface area contributed by atoms with E-state index in [2.05, 4.69) is 5.32 Å². The lowest BCUT2D eigenvalue weighted by atomic mass is 10.1. The average molecular weight is 188 g/mol. The summed E-state index contributed by atoms with van der Waals surface area (Å²) in [6.45, 7) is 1.78. The molecule has 13 heavy (non-hydrogen) atoms. The zero-order valence-electron chi connectivity index (χ0n) is 7.95. The smallest absolute Gasteiger partial charge is 0.302 e. The summed E-state index contributed by atoms with van der Waals surface area (Å²) in [5.74, 6) is -0.279. The Morgan fingerprint density at radius 3 is 2.92 bits per heavy atom. The zero-order chi connectivity index (χ0) is 9.84. The minimum Gasteiger partial charge on any atom is -0.460 e. The molecule has 76 valence electrons. The largest absolute Gasteiger partial charge is 0.460 e. The normalized spacial score (nSPS) is 34.2. The zero-order valence-corrected chi connectivity index (χ0v) is 7.95. The maximum Gasteiger partial charge on any atom is 0.302 e. The van der Waals surface area contributed by atoms with Crippen LogP contribution in [0.1, 0.15) is 13.3 Å². The van der Waals surface area contributed by atoms with Gasteiger partial charge < -0.3 is 20.5 Å². The average Bonchev–Trinajstić information content (AvgIpc) is 2.07. The fourth-order valence-electron chi connectivity index (χ4n) is 1.42. The second-order valence-electron chi connectivity index (χ2n) is 3.16. The van der Waals surface area contributed by atoms with Gasteiger partial charge in [0.15, 0.2) is 0 Å². The number of nitrogens with one attached hydrogen (secondary N) is 1. The van der Waals surface area contributed by atoms with Crippen molar-refractivity contribution in [3.05, 3.63) is 0 Å². The van der Waals surface area contributed by atoms with E-state index < -0.39 is 0 Å². The number of hydrogen-bond acceptors (Lipinski definition) is 5. The molecule has 0 aromatic carbocycles. The van der Waals surface area contributed by atoms with E-state index in [1.165, 1.54) is 6.92 Å². The third-order valence-corrected chi connectivity index (χ3v) is 2.09. The second kappa shape index (κ2) is 4.55. The molecule has 1 unspecified atom stereocenters. The number of carbonyl (C=O) groups excluding carboxylic acids is 1. The molecule has 0 spiro atoms. The predicted molar refractivity (Wildman–Crippen MR) is 46.9 cm³/mol. The van der Waals surface area contributed by atoms with Crippen LogP contribution < -0.4 is 11.1 Å². The molecular formula is C8H16N2O3. The van der Waals surface area contributed by atoms with Gasteiger partial charge in [0.1, 0.15) is 12.3 Å². The molecule has 0 amide bonds. The van der Waals surface area contributed by atoms with E-state index in [1.54, 1.807) is 0 Å². The van der Waals surface area contributed by atoms with Crippen molar-refractivity contribution in [3.63, 3.8) is 0 Å². The van der Waals surface area contributed by atoms with Crippen LogP contribution in [0.2, 0.25) is 0 Å². The first-order valence-corrected chi connectivity index (χ1v) is 4.35. The fourth-order valence-corrected chi connectivity index (χ4v) is 1.42. The Morgan fingerprint density at radius 2 is 2.38 bits per heavy atom. The SMILES string of the molecule is CN[C@@H]1C[C@H](OC(C)=O)COC1N. The van der Waals surface area contributed by atoms with Crippen LogP contribution in [0.15, 0.2) is 0 Å². The molecule has 1 fully saturated rings. The second-order valence-corrected chi connectivity index (χ2v) is 3.16. The molecule has 3 N–H and O–H groups in total. The molecule has 1 saturated heterocycles. The van der Waals surface area contributed by atoms with Crippen molar-refractivity contribution in [1.82, 2.24) is 5.32 Å². The Morgan fingerprint density at radius 1 is 1.69 bits per heavy atom. The lowest BCUT2D eigenvalue weighted by molar-refractivity contribution is -0.157. The molecule has 0 aliphatic carbocycles. The molecule has 5 nitrogen and oxygen atoms in total. The van der Waals surface area contributed by atoms with Crippen molar-refractivity contribution in [3.8, 4) is 0 Å². The molecule has 1 heterocycles. The molecule has 5 heteroatoms. The van der Waals surface area contributed by atoms with E-state index in [4.69, 9.17) is 15.2 Å². The Kier molecular flexibility index (Phi) is 3.65. The summed E-state index contributed by atoms with van der Waals surface area (Å²) in [6.07, 6.45) is 0.226. The number of nitrogens with two attached hydrogens (primary N) is 1. The molecule has 3 atom stereocenters. The van der Waals surface area contributed by atoms with Crippen molar-refractivity contribution >= 4 is 5.97 Å². The monoisotopic (exact) mass is 188 g/mol. The van der Waals surface area contributed by atoms with Gasteiger partial charge in [0.2, 0.25) is 0 Å². The molecular weight excluding hydrogens is 172 g/mol. The molecule has 0 aromatic heterocycles. The third-order valence-electron chi connectivity index (χ3n) is 2.09. The minimum atomic E-state index is -0.309. The van der Waals surface area contributed by atoms with Crippen molar-refractivity contribution in [2.45, 2.75) is 31.7 Å². The highest BCUT2D eigenvalue weighted by atomic mass is 16.6. The van der Waals surface area contributed by atoms with Crippen LogP contribution in [-0.4, -0.2) is 38.0 Å². The lowest BCUT2D eigenvalue weighted by Crippen LogP contribution is -2.52. The van der Waals surface area contributed by atoms with Crippen LogP contribution >= 0.6 is 0 Å². The van der Waals surface area contributed by atoms with E-state index in [0.29, 0.717) is 13.0 Å². The standard InChI is InChI=1S/C8H16N2O3/c1-5(11)13-6-3-7(10-2)8(9)12-4-6/h6-8,10H,3-4,9H2,1-2H3/t6-,7+,8?/m0/s1. The summed E-state index contributed by atoms with van der Waals surface area (Å²) < 4.78 is 10.2.